The van der Waals surface area contributed by atoms with Crippen molar-refractivity contribution in [2.45, 2.75) is 32.3 Å². The standard InChI is InChI=1S/C14H17ClN2O2/c1-2-12(18)9-17-14(19)8-7-13(16-17)10-3-5-11(15)6-4-10/h3-6,12,18H,2,7-9H2,1H3/t12-/m1/s1. The molecule has 1 amide bonds. The molecule has 0 aliphatic carbocycles. The number of carbonyl (C=O) groups is 1. The van der Waals surface area contributed by atoms with Gasteiger partial charge in [0, 0.05) is 17.9 Å². The minimum absolute atomic E-state index is 0.0368. The number of hydrogen-bond donors (Lipinski definition) is 1. The van der Waals surface area contributed by atoms with Gasteiger partial charge in [0.25, 0.3) is 0 Å². The summed E-state index contributed by atoms with van der Waals surface area (Å²) in [5, 5.41) is 16.0. The van der Waals surface area contributed by atoms with Gasteiger partial charge < -0.3 is 5.11 Å². The number of nitrogens with zero attached hydrogens (tertiary/aromatic N) is 2. The van der Waals surface area contributed by atoms with E-state index in [4.69, 9.17) is 11.6 Å². The monoisotopic (exact) mass is 280 g/mol. The first-order chi connectivity index (χ1) is 9.10. The molecule has 0 bridgehead atoms. The largest absolute Gasteiger partial charge is 0.391 e. The fourth-order valence-electron chi connectivity index (χ4n) is 1.92. The van der Waals surface area contributed by atoms with Crippen LogP contribution in [-0.2, 0) is 4.79 Å². The van der Waals surface area contributed by atoms with Gasteiger partial charge in [-0.1, -0.05) is 30.7 Å². The average Bonchev–Trinajstić information content (AvgIpc) is 2.42. The smallest absolute Gasteiger partial charge is 0.243 e. The Morgan fingerprint density at radius 1 is 1.37 bits per heavy atom. The molecular weight excluding hydrogens is 264 g/mol. The Morgan fingerprint density at radius 2 is 2.05 bits per heavy atom. The summed E-state index contributed by atoms with van der Waals surface area (Å²) in [5.74, 6) is -0.0368. The molecule has 1 N–H and O–H groups in total. The first kappa shape index (κ1) is 14.0. The summed E-state index contributed by atoms with van der Waals surface area (Å²) in [6.45, 7) is 2.13. The fourth-order valence-corrected chi connectivity index (χ4v) is 2.05. The first-order valence-electron chi connectivity index (χ1n) is 6.42. The van der Waals surface area contributed by atoms with E-state index in [1.54, 1.807) is 12.1 Å². The normalized spacial score (nSPS) is 17.3. The molecule has 1 aromatic carbocycles. The summed E-state index contributed by atoms with van der Waals surface area (Å²) in [5.41, 5.74) is 1.83. The summed E-state index contributed by atoms with van der Waals surface area (Å²) in [6.07, 6.45) is 1.13. The van der Waals surface area contributed by atoms with Gasteiger partial charge in [0.15, 0.2) is 0 Å². The summed E-state index contributed by atoms with van der Waals surface area (Å²) in [4.78, 5) is 11.8. The number of benzene rings is 1. The van der Waals surface area contributed by atoms with Crippen LogP contribution in [0.2, 0.25) is 5.02 Å². The van der Waals surface area contributed by atoms with Crippen molar-refractivity contribution in [2.75, 3.05) is 6.54 Å². The molecule has 1 aliphatic rings. The minimum Gasteiger partial charge on any atom is -0.391 e. The molecule has 19 heavy (non-hydrogen) atoms. The average molecular weight is 281 g/mol. The third-order valence-electron chi connectivity index (χ3n) is 3.14. The highest BCUT2D eigenvalue weighted by atomic mass is 35.5. The molecule has 1 aliphatic heterocycles. The van der Waals surface area contributed by atoms with Gasteiger partial charge in [0.2, 0.25) is 5.91 Å². The van der Waals surface area contributed by atoms with E-state index in [2.05, 4.69) is 5.10 Å². The number of hydrogen-bond acceptors (Lipinski definition) is 3. The Kier molecular flexibility index (Phi) is 4.56. The highest BCUT2D eigenvalue weighted by Gasteiger charge is 2.22. The van der Waals surface area contributed by atoms with Gasteiger partial charge in [-0.3, -0.25) is 4.79 Å². The number of halogens is 1. The third kappa shape index (κ3) is 3.55. The molecular formula is C14H17ClN2O2. The lowest BCUT2D eigenvalue weighted by Crippen LogP contribution is -2.37. The van der Waals surface area contributed by atoms with Crippen LogP contribution in [0.25, 0.3) is 0 Å². The predicted molar refractivity (Wildman–Crippen MR) is 75.2 cm³/mol. The number of aliphatic hydroxyl groups excluding tert-OH is 1. The highest BCUT2D eigenvalue weighted by Crippen LogP contribution is 2.17. The molecule has 5 heteroatoms. The van der Waals surface area contributed by atoms with Crippen LogP contribution in [0.1, 0.15) is 31.7 Å². The number of amides is 1. The molecule has 1 atom stereocenters. The van der Waals surface area contributed by atoms with E-state index in [1.807, 2.05) is 19.1 Å². The Bertz CT molecular complexity index is 485. The van der Waals surface area contributed by atoms with Gasteiger partial charge in [0.1, 0.15) is 0 Å². The molecule has 102 valence electrons. The number of aliphatic hydroxyl groups is 1. The van der Waals surface area contributed by atoms with E-state index in [-0.39, 0.29) is 12.5 Å². The lowest BCUT2D eigenvalue weighted by Gasteiger charge is -2.25. The second kappa shape index (κ2) is 6.17. The minimum atomic E-state index is -0.530. The maximum Gasteiger partial charge on any atom is 0.243 e. The van der Waals surface area contributed by atoms with Crippen LogP contribution in [0.5, 0.6) is 0 Å². The molecule has 0 saturated carbocycles. The molecule has 1 aromatic rings. The maximum absolute atomic E-state index is 11.8. The molecule has 0 aromatic heterocycles. The number of rotatable bonds is 4. The van der Waals surface area contributed by atoms with E-state index in [1.165, 1.54) is 5.01 Å². The molecule has 0 unspecified atom stereocenters. The Balaban J connectivity index is 2.18. The van der Waals surface area contributed by atoms with E-state index in [9.17, 15) is 9.90 Å². The van der Waals surface area contributed by atoms with Crippen molar-refractivity contribution >= 4 is 23.2 Å². The summed E-state index contributed by atoms with van der Waals surface area (Å²) in [6, 6.07) is 7.40. The van der Waals surface area contributed by atoms with Crippen LogP contribution in [0.4, 0.5) is 0 Å². The van der Waals surface area contributed by atoms with Crippen molar-refractivity contribution in [1.29, 1.82) is 0 Å². The van der Waals surface area contributed by atoms with Crippen molar-refractivity contribution in [3.8, 4) is 0 Å². The second-order valence-electron chi connectivity index (χ2n) is 4.59. The van der Waals surface area contributed by atoms with E-state index in [0.717, 1.165) is 11.3 Å². The number of β-amino-alcohol motifs (C(OH)–C–C–N with tert-alkyl or cyclic N) is 1. The van der Waals surface area contributed by atoms with E-state index >= 15 is 0 Å². The topological polar surface area (TPSA) is 52.9 Å². The van der Waals surface area contributed by atoms with Crippen LogP contribution >= 0.6 is 11.6 Å². The van der Waals surface area contributed by atoms with Crippen LogP contribution in [0.15, 0.2) is 29.4 Å². The zero-order valence-corrected chi connectivity index (χ0v) is 11.6. The zero-order valence-electron chi connectivity index (χ0n) is 10.8. The Morgan fingerprint density at radius 3 is 2.68 bits per heavy atom. The van der Waals surface area contributed by atoms with Crippen LogP contribution in [0.3, 0.4) is 0 Å². The SMILES string of the molecule is CC[C@@H](O)CN1N=C(c2ccc(Cl)cc2)CCC1=O. The second-order valence-corrected chi connectivity index (χ2v) is 5.03. The highest BCUT2D eigenvalue weighted by molar-refractivity contribution is 6.30. The van der Waals surface area contributed by atoms with Crippen molar-refractivity contribution < 1.29 is 9.90 Å². The van der Waals surface area contributed by atoms with Gasteiger partial charge in [-0.25, -0.2) is 5.01 Å². The summed E-state index contributed by atoms with van der Waals surface area (Å²) >= 11 is 5.85. The first-order valence-corrected chi connectivity index (χ1v) is 6.79. The molecule has 0 radical (unpaired) electrons. The molecule has 4 nitrogen and oxygen atoms in total. The summed E-state index contributed by atoms with van der Waals surface area (Å²) in [7, 11) is 0. The van der Waals surface area contributed by atoms with Gasteiger partial charge in [-0.15, -0.1) is 0 Å². The third-order valence-corrected chi connectivity index (χ3v) is 3.39. The Hall–Kier alpha value is -1.39. The van der Waals surface area contributed by atoms with E-state index < -0.39 is 6.10 Å². The molecule has 0 fully saturated rings. The molecule has 0 saturated heterocycles. The predicted octanol–water partition coefficient (Wildman–Crippen LogP) is 2.44. The molecule has 1 heterocycles. The van der Waals surface area contributed by atoms with Gasteiger partial charge in [-0.2, -0.15) is 5.10 Å². The quantitative estimate of drug-likeness (QED) is 0.921. The van der Waals surface area contributed by atoms with Crippen LogP contribution in [0, 0.1) is 0 Å². The fraction of sp³-hybridized carbons (Fsp3) is 0.429. The van der Waals surface area contributed by atoms with Crippen LogP contribution < -0.4 is 0 Å². The Labute approximate surface area is 117 Å². The van der Waals surface area contributed by atoms with Crippen molar-refractivity contribution in [3.05, 3.63) is 34.9 Å². The van der Waals surface area contributed by atoms with Gasteiger partial charge >= 0.3 is 0 Å². The van der Waals surface area contributed by atoms with Crippen molar-refractivity contribution in [2.24, 2.45) is 5.10 Å². The van der Waals surface area contributed by atoms with Crippen molar-refractivity contribution in [1.82, 2.24) is 5.01 Å². The zero-order chi connectivity index (χ0) is 13.8. The number of carbonyl (C=O) groups excluding carboxylic acids is 1. The number of hydrazone groups is 1. The summed E-state index contributed by atoms with van der Waals surface area (Å²) < 4.78 is 0. The molecule has 0 spiro atoms. The van der Waals surface area contributed by atoms with Gasteiger partial charge in [0.05, 0.1) is 18.4 Å². The van der Waals surface area contributed by atoms with Crippen LogP contribution in [-0.4, -0.2) is 34.4 Å². The maximum atomic E-state index is 11.8. The lowest BCUT2D eigenvalue weighted by molar-refractivity contribution is -0.133. The lowest BCUT2D eigenvalue weighted by atomic mass is 10.0. The van der Waals surface area contributed by atoms with Gasteiger partial charge in [-0.05, 0) is 24.1 Å². The van der Waals surface area contributed by atoms with Crippen molar-refractivity contribution in [3.63, 3.8) is 0 Å². The molecule has 2 rings (SSSR count). The van der Waals surface area contributed by atoms with E-state index in [0.29, 0.717) is 24.3 Å².